The maximum atomic E-state index is 11.4. The van der Waals surface area contributed by atoms with Crippen molar-refractivity contribution in [1.82, 2.24) is 10.0 Å². The van der Waals surface area contributed by atoms with Gasteiger partial charge in [-0.1, -0.05) is 0 Å². The summed E-state index contributed by atoms with van der Waals surface area (Å²) in [7, 11) is -2.28. The van der Waals surface area contributed by atoms with Crippen LogP contribution in [0.4, 0.5) is 0 Å². The highest BCUT2D eigenvalue weighted by Gasteiger charge is 2.16. The molecule has 0 bridgehead atoms. The molecule has 1 heterocycles. The standard InChI is InChI=1S/C9H16N2O5S/c1-10-17(14,15)9-3-2-8(16-9)4-11-7(5-12)6-13/h2-3,7,10-13H,4-6H2,1H3. The SMILES string of the molecule is CNS(=O)(=O)c1ccc(CNC(CO)CO)o1. The van der Waals surface area contributed by atoms with Gasteiger partial charge in [-0.25, -0.2) is 13.1 Å². The van der Waals surface area contributed by atoms with Crippen LogP contribution in [0.2, 0.25) is 0 Å². The second-order valence-electron chi connectivity index (χ2n) is 3.37. The Morgan fingerprint density at radius 3 is 2.53 bits per heavy atom. The van der Waals surface area contributed by atoms with Crippen LogP contribution in [0.5, 0.6) is 0 Å². The van der Waals surface area contributed by atoms with Gasteiger partial charge in [-0.15, -0.1) is 0 Å². The molecule has 4 N–H and O–H groups in total. The van der Waals surface area contributed by atoms with Gasteiger partial charge in [0.05, 0.1) is 25.8 Å². The molecule has 0 atom stereocenters. The Kier molecular flexibility index (Phi) is 5.09. The molecule has 0 aliphatic heterocycles. The summed E-state index contributed by atoms with van der Waals surface area (Å²) in [4.78, 5) is 0. The van der Waals surface area contributed by atoms with E-state index in [1.165, 1.54) is 19.2 Å². The van der Waals surface area contributed by atoms with Gasteiger partial charge >= 0.3 is 0 Å². The third kappa shape index (κ3) is 3.79. The first-order valence-corrected chi connectivity index (χ1v) is 6.49. The number of aliphatic hydroxyl groups is 2. The summed E-state index contributed by atoms with van der Waals surface area (Å²) in [5.41, 5.74) is 0. The van der Waals surface area contributed by atoms with Crippen LogP contribution in [0, 0.1) is 0 Å². The monoisotopic (exact) mass is 264 g/mol. The third-order valence-electron chi connectivity index (χ3n) is 2.18. The van der Waals surface area contributed by atoms with Crippen LogP contribution in [0.25, 0.3) is 0 Å². The molecular weight excluding hydrogens is 248 g/mol. The normalized spacial score (nSPS) is 12.2. The fourth-order valence-corrected chi connectivity index (χ4v) is 1.80. The van der Waals surface area contributed by atoms with E-state index < -0.39 is 16.1 Å². The Bertz CT molecular complexity index is 438. The van der Waals surface area contributed by atoms with Crippen molar-refractivity contribution < 1.29 is 23.0 Å². The highest BCUT2D eigenvalue weighted by molar-refractivity contribution is 7.89. The second-order valence-corrected chi connectivity index (χ2v) is 5.19. The summed E-state index contributed by atoms with van der Waals surface area (Å²) in [5.74, 6) is 0.408. The number of rotatable bonds is 7. The van der Waals surface area contributed by atoms with E-state index >= 15 is 0 Å². The average Bonchev–Trinajstić information content (AvgIpc) is 2.80. The Labute approximate surface area is 99.5 Å². The first kappa shape index (κ1) is 14.1. The summed E-state index contributed by atoms with van der Waals surface area (Å²) < 4.78 is 30.0. The molecule has 8 heteroatoms. The summed E-state index contributed by atoms with van der Waals surface area (Å²) in [5, 5.41) is 20.3. The third-order valence-corrected chi connectivity index (χ3v) is 3.46. The van der Waals surface area contributed by atoms with E-state index in [4.69, 9.17) is 14.6 Å². The summed E-state index contributed by atoms with van der Waals surface area (Å²) in [6.45, 7) is -0.192. The molecule has 98 valence electrons. The highest BCUT2D eigenvalue weighted by atomic mass is 32.2. The van der Waals surface area contributed by atoms with Crippen LogP contribution in [-0.2, 0) is 16.6 Å². The lowest BCUT2D eigenvalue weighted by atomic mass is 10.3. The molecule has 0 aliphatic rings. The van der Waals surface area contributed by atoms with Crippen molar-refractivity contribution in [2.45, 2.75) is 17.7 Å². The van der Waals surface area contributed by atoms with Gasteiger partial charge in [0.1, 0.15) is 5.76 Å². The number of hydrogen-bond donors (Lipinski definition) is 4. The zero-order chi connectivity index (χ0) is 12.9. The smallest absolute Gasteiger partial charge is 0.273 e. The number of furan rings is 1. The van der Waals surface area contributed by atoms with Crippen molar-refractivity contribution in [2.75, 3.05) is 20.3 Å². The molecule has 1 aromatic rings. The van der Waals surface area contributed by atoms with Crippen molar-refractivity contribution in [3.63, 3.8) is 0 Å². The Hall–Kier alpha value is -0.930. The maximum absolute atomic E-state index is 11.4. The first-order valence-electron chi connectivity index (χ1n) is 5.01. The summed E-state index contributed by atoms with van der Waals surface area (Å²) in [6, 6.07) is 2.41. The molecule has 0 aromatic carbocycles. The molecule has 7 nitrogen and oxygen atoms in total. The van der Waals surface area contributed by atoms with Gasteiger partial charge in [-0.05, 0) is 19.2 Å². The predicted molar refractivity (Wildman–Crippen MR) is 59.8 cm³/mol. The lowest BCUT2D eigenvalue weighted by molar-refractivity contribution is 0.168. The average molecular weight is 264 g/mol. The maximum Gasteiger partial charge on any atom is 0.273 e. The number of hydrogen-bond acceptors (Lipinski definition) is 6. The number of aliphatic hydroxyl groups excluding tert-OH is 2. The summed E-state index contributed by atoms with van der Waals surface area (Å²) in [6.07, 6.45) is 0. The fraction of sp³-hybridized carbons (Fsp3) is 0.556. The molecule has 0 spiro atoms. The van der Waals surface area contributed by atoms with Crippen LogP contribution in [-0.4, -0.2) is 44.9 Å². The minimum Gasteiger partial charge on any atom is -0.447 e. The quantitative estimate of drug-likeness (QED) is 0.483. The van der Waals surface area contributed by atoms with E-state index in [0.29, 0.717) is 5.76 Å². The molecule has 0 saturated heterocycles. The molecule has 0 radical (unpaired) electrons. The largest absolute Gasteiger partial charge is 0.447 e. The van der Waals surface area contributed by atoms with Crippen molar-refractivity contribution in [3.05, 3.63) is 17.9 Å². The van der Waals surface area contributed by atoms with E-state index in [-0.39, 0.29) is 24.9 Å². The predicted octanol–water partition coefficient (Wildman–Crippen LogP) is -1.37. The van der Waals surface area contributed by atoms with Crippen LogP contribution >= 0.6 is 0 Å². The van der Waals surface area contributed by atoms with E-state index in [9.17, 15) is 8.42 Å². The minimum atomic E-state index is -3.57. The van der Waals surface area contributed by atoms with Gasteiger partial charge in [0.25, 0.3) is 10.0 Å². The van der Waals surface area contributed by atoms with E-state index in [1.54, 1.807) is 0 Å². The number of nitrogens with one attached hydrogen (secondary N) is 2. The summed E-state index contributed by atoms with van der Waals surface area (Å²) >= 11 is 0. The molecule has 0 aliphatic carbocycles. The molecular formula is C9H16N2O5S. The van der Waals surface area contributed by atoms with E-state index in [0.717, 1.165) is 0 Å². The molecule has 0 saturated carbocycles. The molecule has 0 fully saturated rings. The van der Waals surface area contributed by atoms with E-state index in [1.807, 2.05) is 0 Å². The van der Waals surface area contributed by atoms with Crippen LogP contribution in [0.15, 0.2) is 21.6 Å². The lowest BCUT2D eigenvalue weighted by Gasteiger charge is -2.11. The molecule has 17 heavy (non-hydrogen) atoms. The molecule has 1 aromatic heterocycles. The molecule has 0 unspecified atom stereocenters. The Balaban J connectivity index is 2.64. The van der Waals surface area contributed by atoms with Crippen molar-refractivity contribution >= 4 is 10.0 Å². The fourth-order valence-electron chi connectivity index (χ4n) is 1.13. The van der Waals surface area contributed by atoms with Crippen molar-refractivity contribution in [2.24, 2.45) is 0 Å². The topological polar surface area (TPSA) is 112 Å². The van der Waals surface area contributed by atoms with Crippen molar-refractivity contribution in [1.29, 1.82) is 0 Å². The Morgan fingerprint density at radius 1 is 1.35 bits per heavy atom. The van der Waals surface area contributed by atoms with Gasteiger partial charge in [0.15, 0.2) is 0 Å². The van der Waals surface area contributed by atoms with Crippen LogP contribution in [0.3, 0.4) is 0 Å². The molecule has 0 amide bonds. The molecule has 1 rings (SSSR count). The zero-order valence-corrected chi connectivity index (χ0v) is 10.2. The zero-order valence-electron chi connectivity index (χ0n) is 9.38. The van der Waals surface area contributed by atoms with Crippen molar-refractivity contribution in [3.8, 4) is 0 Å². The Morgan fingerprint density at radius 2 is 2.00 bits per heavy atom. The van der Waals surface area contributed by atoms with Gasteiger partial charge in [0.2, 0.25) is 5.09 Å². The lowest BCUT2D eigenvalue weighted by Crippen LogP contribution is -2.35. The number of sulfonamides is 1. The second kappa shape index (κ2) is 6.12. The van der Waals surface area contributed by atoms with Gasteiger partial charge in [0, 0.05) is 0 Å². The van der Waals surface area contributed by atoms with Gasteiger partial charge < -0.3 is 19.9 Å². The van der Waals surface area contributed by atoms with Gasteiger partial charge in [-0.2, -0.15) is 0 Å². The minimum absolute atomic E-state index is 0.165. The van der Waals surface area contributed by atoms with Gasteiger partial charge in [-0.3, -0.25) is 0 Å². The van der Waals surface area contributed by atoms with Crippen LogP contribution < -0.4 is 10.0 Å². The van der Waals surface area contributed by atoms with E-state index in [2.05, 4.69) is 10.0 Å². The highest BCUT2D eigenvalue weighted by Crippen LogP contribution is 2.13. The van der Waals surface area contributed by atoms with Crippen LogP contribution in [0.1, 0.15) is 5.76 Å². The first-order chi connectivity index (χ1) is 8.03.